The molecule has 1 saturated heterocycles. The number of carbonyl (C=O) groups excluding carboxylic acids is 2. The van der Waals surface area contributed by atoms with Crippen molar-refractivity contribution in [2.24, 2.45) is 5.92 Å². The number of hydrogen-bond donors (Lipinski definition) is 1. The summed E-state index contributed by atoms with van der Waals surface area (Å²) in [7, 11) is 0. The van der Waals surface area contributed by atoms with Crippen molar-refractivity contribution in [3.8, 4) is 0 Å². The van der Waals surface area contributed by atoms with Crippen LogP contribution >= 0.6 is 0 Å². The number of carbonyl (C=O) groups is 2. The van der Waals surface area contributed by atoms with Gasteiger partial charge in [-0.05, 0) is 23.1 Å². The molecular weight excluding hydrogens is 408 g/mol. The molecule has 32 heavy (non-hydrogen) atoms. The fourth-order valence-electron chi connectivity index (χ4n) is 5.07. The smallest absolute Gasteiger partial charge is 0.269 e. The van der Waals surface area contributed by atoms with Crippen LogP contribution in [0.5, 0.6) is 0 Å². The topological polar surface area (TPSA) is 99.5 Å². The lowest BCUT2D eigenvalue weighted by Crippen LogP contribution is -2.63. The summed E-state index contributed by atoms with van der Waals surface area (Å²) in [6, 6.07) is 13.0. The summed E-state index contributed by atoms with van der Waals surface area (Å²) in [5.74, 6) is 0.0406. The summed E-state index contributed by atoms with van der Waals surface area (Å²) in [4.78, 5) is 44.6. The van der Waals surface area contributed by atoms with E-state index in [1.807, 2.05) is 38.1 Å². The number of benzene rings is 2. The van der Waals surface area contributed by atoms with Crippen molar-refractivity contribution in [2.75, 3.05) is 13.1 Å². The van der Waals surface area contributed by atoms with E-state index >= 15 is 0 Å². The molecule has 0 saturated carbocycles. The van der Waals surface area contributed by atoms with Crippen molar-refractivity contribution >= 4 is 28.4 Å². The predicted octanol–water partition coefficient (Wildman–Crippen LogP) is 3.42. The average Bonchev–Trinajstić information content (AvgIpc) is 3.14. The van der Waals surface area contributed by atoms with Crippen molar-refractivity contribution in [1.29, 1.82) is 0 Å². The lowest BCUT2D eigenvalue weighted by molar-refractivity contribution is -0.384. The molecule has 1 fully saturated rings. The van der Waals surface area contributed by atoms with Crippen molar-refractivity contribution < 1.29 is 14.5 Å². The van der Waals surface area contributed by atoms with Crippen LogP contribution in [-0.4, -0.2) is 50.7 Å². The highest BCUT2D eigenvalue weighted by Gasteiger charge is 2.48. The largest absolute Gasteiger partial charge is 0.356 e. The van der Waals surface area contributed by atoms with Gasteiger partial charge in [-0.15, -0.1) is 0 Å². The third kappa shape index (κ3) is 3.14. The van der Waals surface area contributed by atoms with Crippen LogP contribution in [0.1, 0.15) is 36.7 Å². The first-order chi connectivity index (χ1) is 15.3. The molecule has 5 rings (SSSR count). The van der Waals surface area contributed by atoms with Gasteiger partial charge in [0.1, 0.15) is 6.04 Å². The Morgan fingerprint density at radius 3 is 2.69 bits per heavy atom. The molecule has 0 aliphatic carbocycles. The van der Waals surface area contributed by atoms with Crippen molar-refractivity contribution in [3.05, 3.63) is 75.5 Å². The van der Waals surface area contributed by atoms with E-state index in [0.29, 0.717) is 18.5 Å². The number of nitrogens with zero attached hydrogens (tertiary/aromatic N) is 3. The van der Waals surface area contributed by atoms with E-state index in [4.69, 9.17) is 0 Å². The van der Waals surface area contributed by atoms with Gasteiger partial charge in [-0.25, -0.2) is 0 Å². The highest BCUT2D eigenvalue weighted by Crippen LogP contribution is 2.43. The molecule has 3 heterocycles. The Hall–Kier alpha value is -3.68. The first-order valence-electron chi connectivity index (χ1n) is 10.8. The van der Waals surface area contributed by atoms with Crippen LogP contribution < -0.4 is 0 Å². The second kappa shape index (κ2) is 7.47. The SMILES string of the molecule is CC(C)CN1CC(=O)N2C(c3cccc([N+](=O)[O-])c3)c3[nH]c4ccccc4c3C[C@H]2C1=O. The minimum Gasteiger partial charge on any atom is -0.356 e. The fraction of sp³-hybridized carbons (Fsp3) is 0.333. The Morgan fingerprint density at radius 1 is 1.16 bits per heavy atom. The number of nitro groups is 1. The molecule has 0 bridgehead atoms. The molecule has 0 radical (unpaired) electrons. The van der Waals surface area contributed by atoms with Gasteiger partial charge in [0.25, 0.3) is 5.69 Å². The third-order valence-corrected chi connectivity index (χ3v) is 6.32. The van der Waals surface area contributed by atoms with Crippen molar-refractivity contribution in [3.63, 3.8) is 0 Å². The molecule has 1 N–H and O–H groups in total. The number of nitro benzene ring substituents is 1. The Balaban J connectivity index is 1.69. The van der Waals surface area contributed by atoms with Crippen LogP contribution in [0, 0.1) is 16.0 Å². The summed E-state index contributed by atoms with van der Waals surface area (Å²) >= 11 is 0. The zero-order valence-electron chi connectivity index (χ0n) is 17.9. The molecule has 2 atom stereocenters. The summed E-state index contributed by atoms with van der Waals surface area (Å²) in [5, 5.41) is 12.4. The number of aromatic nitrogens is 1. The lowest BCUT2D eigenvalue weighted by Gasteiger charge is -2.47. The number of non-ortho nitro benzene ring substituents is 1. The first kappa shape index (κ1) is 20.2. The normalized spacial score (nSPS) is 20.6. The number of amides is 2. The van der Waals surface area contributed by atoms with Crippen LogP contribution in [0.25, 0.3) is 10.9 Å². The van der Waals surface area contributed by atoms with Crippen LogP contribution in [-0.2, 0) is 16.0 Å². The maximum Gasteiger partial charge on any atom is 0.269 e. The zero-order valence-corrected chi connectivity index (χ0v) is 17.9. The number of hydrogen-bond acceptors (Lipinski definition) is 4. The van der Waals surface area contributed by atoms with Gasteiger partial charge in [-0.3, -0.25) is 19.7 Å². The lowest BCUT2D eigenvalue weighted by atomic mass is 9.86. The van der Waals surface area contributed by atoms with Crippen LogP contribution in [0.3, 0.4) is 0 Å². The molecule has 164 valence electrons. The molecular formula is C24H24N4O4. The van der Waals surface area contributed by atoms with Gasteiger partial charge in [0.2, 0.25) is 11.8 Å². The number of para-hydroxylation sites is 1. The van der Waals surface area contributed by atoms with Crippen molar-refractivity contribution in [1.82, 2.24) is 14.8 Å². The minimum atomic E-state index is -0.633. The van der Waals surface area contributed by atoms with Gasteiger partial charge in [0.05, 0.1) is 17.5 Å². The van der Waals surface area contributed by atoms with E-state index in [0.717, 1.165) is 22.2 Å². The number of H-pyrrole nitrogens is 1. The van der Waals surface area contributed by atoms with Crippen LogP contribution in [0.2, 0.25) is 0 Å². The maximum atomic E-state index is 13.5. The molecule has 2 aliphatic heterocycles. The van der Waals surface area contributed by atoms with Gasteiger partial charge in [-0.1, -0.05) is 44.2 Å². The second-order valence-corrected chi connectivity index (χ2v) is 8.95. The molecule has 1 unspecified atom stereocenters. The highest BCUT2D eigenvalue weighted by molar-refractivity contribution is 5.97. The Bertz CT molecular complexity index is 1250. The van der Waals surface area contributed by atoms with E-state index in [1.165, 1.54) is 12.1 Å². The Labute approximate surface area is 185 Å². The molecule has 2 amide bonds. The highest BCUT2D eigenvalue weighted by atomic mass is 16.6. The molecule has 8 nitrogen and oxygen atoms in total. The monoisotopic (exact) mass is 432 g/mol. The summed E-state index contributed by atoms with van der Waals surface area (Å²) in [5.41, 5.74) is 3.31. The number of nitrogens with one attached hydrogen (secondary N) is 1. The number of piperazine rings is 1. The molecule has 0 spiro atoms. The number of fused-ring (bicyclic) bond motifs is 4. The summed E-state index contributed by atoms with van der Waals surface area (Å²) in [6.07, 6.45) is 0.421. The van der Waals surface area contributed by atoms with Gasteiger partial charge < -0.3 is 14.8 Å². The fourth-order valence-corrected chi connectivity index (χ4v) is 5.07. The molecule has 8 heteroatoms. The van der Waals surface area contributed by atoms with E-state index < -0.39 is 17.0 Å². The second-order valence-electron chi connectivity index (χ2n) is 8.95. The zero-order chi connectivity index (χ0) is 22.6. The van der Waals surface area contributed by atoms with E-state index in [1.54, 1.807) is 21.9 Å². The van der Waals surface area contributed by atoms with E-state index in [2.05, 4.69) is 4.98 Å². The number of aromatic amines is 1. The predicted molar refractivity (Wildman–Crippen MR) is 119 cm³/mol. The van der Waals surface area contributed by atoms with E-state index in [-0.39, 0.29) is 30.0 Å². The number of rotatable bonds is 4. The van der Waals surface area contributed by atoms with Crippen molar-refractivity contribution in [2.45, 2.75) is 32.4 Å². The quantitative estimate of drug-likeness (QED) is 0.504. The average molecular weight is 432 g/mol. The summed E-state index contributed by atoms with van der Waals surface area (Å²) < 4.78 is 0. The van der Waals surface area contributed by atoms with E-state index in [9.17, 15) is 19.7 Å². The molecule has 3 aromatic rings. The third-order valence-electron chi connectivity index (χ3n) is 6.32. The Kier molecular flexibility index (Phi) is 4.73. The first-order valence-corrected chi connectivity index (χ1v) is 10.8. The maximum absolute atomic E-state index is 13.5. The van der Waals surface area contributed by atoms with Gasteiger partial charge >= 0.3 is 0 Å². The molecule has 2 aromatic carbocycles. The van der Waals surface area contributed by atoms with Gasteiger partial charge in [0, 0.05) is 41.7 Å². The van der Waals surface area contributed by atoms with Gasteiger partial charge in [-0.2, -0.15) is 0 Å². The molecule has 1 aromatic heterocycles. The minimum absolute atomic E-state index is 0.0223. The van der Waals surface area contributed by atoms with Gasteiger partial charge in [0.15, 0.2) is 0 Å². The Morgan fingerprint density at radius 2 is 1.94 bits per heavy atom. The standard InChI is InChI=1S/C24H24N4O4/c1-14(2)12-26-13-21(29)27-20(24(26)30)11-18-17-8-3-4-9-19(17)25-22(18)23(27)15-6-5-7-16(10-15)28(31)32/h3-10,14,20,23,25H,11-13H2,1-2H3/t20-,23?/m0/s1. The van der Waals surface area contributed by atoms with Crippen LogP contribution in [0.4, 0.5) is 5.69 Å². The van der Waals surface area contributed by atoms with Crippen LogP contribution in [0.15, 0.2) is 48.5 Å². The molecule has 2 aliphatic rings. The summed E-state index contributed by atoms with van der Waals surface area (Å²) in [6.45, 7) is 4.59.